The van der Waals surface area contributed by atoms with Crippen LogP contribution in [0.25, 0.3) is 10.9 Å². The SMILES string of the molecule is COc1ccc(NC(=O)c2c(O)n(C(N)=O)c3cc(C(=O)c4ccccc4)ccc23)cc1. The number of anilines is 1. The molecule has 0 radical (unpaired) electrons. The largest absolute Gasteiger partial charge is 0.497 e. The van der Waals surface area contributed by atoms with Gasteiger partial charge in [0.05, 0.1) is 12.6 Å². The molecule has 0 aliphatic rings. The van der Waals surface area contributed by atoms with E-state index in [0.717, 1.165) is 4.57 Å². The van der Waals surface area contributed by atoms with Gasteiger partial charge < -0.3 is 20.9 Å². The Labute approximate surface area is 182 Å². The minimum atomic E-state index is -0.986. The van der Waals surface area contributed by atoms with Crippen molar-refractivity contribution < 1.29 is 24.2 Å². The van der Waals surface area contributed by atoms with Crippen molar-refractivity contribution in [1.82, 2.24) is 4.57 Å². The fraction of sp³-hybridized carbons (Fsp3) is 0.0417. The number of amides is 2. The Morgan fingerprint density at radius 2 is 1.62 bits per heavy atom. The molecule has 0 saturated heterocycles. The van der Waals surface area contributed by atoms with Crippen LogP contribution >= 0.6 is 0 Å². The van der Waals surface area contributed by atoms with Gasteiger partial charge in [0.2, 0.25) is 5.88 Å². The number of primary amides is 1. The number of carbonyl (C=O) groups excluding carboxylic acids is 3. The third-order valence-corrected chi connectivity index (χ3v) is 5.04. The lowest BCUT2D eigenvalue weighted by Crippen LogP contribution is -2.19. The van der Waals surface area contributed by atoms with Crippen LogP contribution in [0.2, 0.25) is 0 Å². The van der Waals surface area contributed by atoms with E-state index in [4.69, 9.17) is 10.5 Å². The molecule has 0 atom stereocenters. The summed E-state index contributed by atoms with van der Waals surface area (Å²) in [5, 5.41) is 13.6. The summed E-state index contributed by atoms with van der Waals surface area (Å²) in [6, 6.07) is 18.7. The van der Waals surface area contributed by atoms with E-state index in [1.54, 1.807) is 54.6 Å². The highest BCUT2D eigenvalue weighted by Gasteiger charge is 2.26. The van der Waals surface area contributed by atoms with E-state index in [-0.39, 0.29) is 27.8 Å². The second-order valence-electron chi connectivity index (χ2n) is 6.98. The van der Waals surface area contributed by atoms with Crippen LogP contribution in [0.1, 0.15) is 26.3 Å². The number of ketones is 1. The molecule has 0 bridgehead atoms. The molecule has 8 heteroatoms. The lowest BCUT2D eigenvalue weighted by Gasteiger charge is -2.06. The average Bonchev–Trinajstić information content (AvgIpc) is 3.10. The van der Waals surface area contributed by atoms with Gasteiger partial charge in [0.15, 0.2) is 5.78 Å². The molecule has 1 heterocycles. The lowest BCUT2D eigenvalue weighted by molar-refractivity contribution is 0.102. The molecule has 0 saturated carbocycles. The van der Waals surface area contributed by atoms with E-state index in [1.807, 2.05) is 0 Å². The number of hydrogen-bond donors (Lipinski definition) is 3. The van der Waals surface area contributed by atoms with Crippen molar-refractivity contribution in [3.05, 3.63) is 89.5 Å². The van der Waals surface area contributed by atoms with Crippen LogP contribution in [0.15, 0.2) is 72.8 Å². The van der Waals surface area contributed by atoms with Crippen LogP contribution in [0.5, 0.6) is 11.6 Å². The number of hydrogen-bond acceptors (Lipinski definition) is 5. The van der Waals surface area contributed by atoms with Crippen molar-refractivity contribution in [2.45, 2.75) is 0 Å². The lowest BCUT2D eigenvalue weighted by atomic mass is 10.0. The molecular formula is C24H19N3O5. The van der Waals surface area contributed by atoms with Crippen LogP contribution in [0.3, 0.4) is 0 Å². The summed E-state index contributed by atoms with van der Waals surface area (Å²) in [6.45, 7) is 0. The van der Waals surface area contributed by atoms with Gasteiger partial charge in [-0.05, 0) is 30.3 Å². The van der Waals surface area contributed by atoms with Crippen LogP contribution in [-0.4, -0.2) is 34.5 Å². The Morgan fingerprint density at radius 1 is 0.938 bits per heavy atom. The molecular weight excluding hydrogens is 410 g/mol. The molecule has 4 rings (SSSR count). The Bertz CT molecular complexity index is 1340. The highest BCUT2D eigenvalue weighted by Crippen LogP contribution is 2.33. The molecule has 3 aromatic carbocycles. The number of fused-ring (bicyclic) bond motifs is 1. The van der Waals surface area contributed by atoms with Gasteiger partial charge in [0, 0.05) is 22.2 Å². The Morgan fingerprint density at radius 3 is 2.25 bits per heavy atom. The minimum absolute atomic E-state index is 0.131. The van der Waals surface area contributed by atoms with E-state index in [2.05, 4.69) is 5.32 Å². The predicted octanol–water partition coefficient (Wildman–Crippen LogP) is 3.77. The highest BCUT2D eigenvalue weighted by molar-refractivity contribution is 6.18. The molecule has 4 aromatic rings. The van der Waals surface area contributed by atoms with Gasteiger partial charge in [-0.1, -0.05) is 42.5 Å². The topological polar surface area (TPSA) is 124 Å². The molecule has 160 valence electrons. The molecule has 4 N–H and O–H groups in total. The number of ether oxygens (including phenoxy) is 1. The summed E-state index contributed by atoms with van der Waals surface area (Å²) < 4.78 is 5.90. The molecule has 0 spiro atoms. The maximum atomic E-state index is 12.9. The summed E-state index contributed by atoms with van der Waals surface area (Å²) in [6.07, 6.45) is 0. The Kier molecular flexibility index (Phi) is 5.34. The number of methoxy groups -OCH3 is 1. The van der Waals surface area contributed by atoms with Gasteiger partial charge in [-0.2, -0.15) is 0 Å². The zero-order valence-electron chi connectivity index (χ0n) is 17.0. The minimum Gasteiger partial charge on any atom is -0.497 e. The van der Waals surface area contributed by atoms with Crippen molar-refractivity contribution in [2.24, 2.45) is 5.73 Å². The summed E-state index contributed by atoms with van der Waals surface area (Å²) >= 11 is 0. The first-order chi connectivity index (χ1) is 15.4. The van der Waals surface area contributed by atoms with Crippen molar-refractivity contribution >= 4 is 34.3 Å². The second kappa shape index (κ2) is 8.27. The Hall–Kier alpha value is -4.59. The second-order valence-corrected chi connectivity index (χ2v) is 6.98. The highest BCUT2D eigenvalue weighted by atomic mass is 16.5. The van der Waals surface area contributed by atoms with Crippen LogP contribution in [0.4, 0.5) is 10.5 Å². The maximum Gasteiger partial charge on any atom is 0.326 e. The first-order valence-electron chi connectivity index (χ1n) is 9.63. The predicted molar refractivity (Wildman–Crippen MR) is 119 cm³/mol. The van der Waals surface area contributed by atoms with Gasteiger partial charge in [0.25, 0.3) is 5.91 Å². The van der Waals surface area contributed by atoms with Crippen LogP contribution in [-0.2, 0) is 0 Å². The number of nitrogens with one attached hydrogen (secondary N) is 1. The number of benzene rings is 3. The standard InChI is InChI=1S/C24H19N3O5/c1-32-17-10-8-16(9-11-17)26-22(29)20-18-12-7-15(21(28)14-5-3-2-4-6-14)13-19(18)27(23(20)30)24(25)31/h2-13,30H,1H3,(H2,25,31)(H,26,29). The number of nitrogens with two attached hydrogens (primary N) is 1. The fourth-order valence-corrected chi connectivity index (χ4v) is 3.49. The quantitative estimate of drug-likeness (QED) is 0.417. The summed E-state index contributed by atoms with van der Waals surface area (Å²) in [4.78, 5) is 37.8. The zero-order chi connectivity index (χ0) is 22.8. The maximum absolute atomic E-state index is 12.9. The molecule has 32 heavy (non-hydrogen) atoms. The van der Waals surface area contributed by atoms with Gasteiger partial charge in [-0.25, -0.2) is 9.36 Å². The van der Waals surface area contributed by atoms with E-state index in [0.29, 0.717) is 17.0 Å². The van der Waals surface area contributed by atoms with E-state index in [1.165, 1.54) is 25.3 Å². The van der Waals surface area contributed by atoms with Gasteiger partial charge in [-0.3, -0.25) is 9.59 Å². The number of nitrogens with zero attached hydrogens (tertiary/aromatic N) is 1. The average molecular weight is 429 g/mol. The fourth-order valence-electron chi connectivity index (χ4n) is 3.49. The molecule has 1 aromatic heterocycles. The first kappa shape index (κ1) is 20.7. The summed E-state index contributed by atoms with van der Waals surface area (Å²) in [5.74, 6) is -0.900. The van der Waals surface area contributed by atoms with Gasteiger partial charge in [-0.15, -0.1) is 0 Å². The summed E-state index contributed by atoms with van der Waals surface area (Å²) in [7, 11) is 1.53. The van der Waals surface area contributed by atoms with Crippen LogP contribution in [0, 0.1) is 0 Å². The first-order valence-corrected chi connectivity index (χ1v) is 9.63. The summed E-state index contributed by atoms with van der Waals surface area (Å²) in [5.41, 5.74) is 6.68. The zero-order valence-corrected chi connectivity index (χ0v) is 17.0. The third-order valence-electron chi connectivity index (χ3n) is 5.04. The van der Waals surface area contributed by atoms with E-state index >= 15 is 0 Å². The van der Waals surface area contributed by atoms with Crippen molar-refractivity contribution in [1.29, 1.82) is 0 Å². The third kappa shape index (κ3) is 3.65. The van der Waals surface area contributed by atoms with E-state index < -0.39 is 17.8 Å². The smallest absolute Gasteiger partial charge is 0.326 e. The number of aromatic hydroxyl groups is 1. The van der Waals surface area contributed by atoms with Gasteiger partial charge in [0.1, 0.15) is 11.3 Å². The van der Waals surface area contributed by atoms with Crippen molar-refractivity contribution in [3.8, 4) is 11.6 Å². The van der Waals surface area contributed by atoms with Crippen LogP contribution < -0.4 is 15.8 Å². The monoisotopic (exact) mass is 429 g/mol. The Balaban J connectivity index is 1.77. The molecule has 0 aliphatic heterocycles. The molecule has 0 fully saturated rings. The number of aromatic nitrogens is 1. The van der Waals surface area contributed by atoms with E-state index in [9.17, 15) is 19.5 Å². The normalized spacial score (nSPS) is 10.7. The van der Waals surface area contributed by atoms with Gasteiger partial charge >= 0.3 is 6.03 Å². The van der Waals surface area contributed by atoms with Crippen molar-refractivity contribution in [3.63, 3.8) is 0 Å². The molecule has 0 aliphatic carbocycles. The number of rotatable bonds is 5. The molecule has 2 amide bonds. The molecule has 0 unspecified atom stereocenters. The van der Waals surface area contributed by atoms with Crippen molar-refractivity contribution in [2.75, 3.05) is 12.4 Å². The number of carbonyl (C=O) groups is 3. The molecule has 8 nitrogen and oxygen atoms in total.